The van der Waals surface area contributed by atoms with Crippen LogP contribution in [0.25, 0.3) is 10.1 Å². The smallest absolute Gasteiger partial charge is 0.306 e. The zero-order chi connectivity index (χ0) is 12.3. The highest BCUT2D eigenvalue weighted by atomic mass is 32.1. The minimum absolute atomic E-state index is 0.00200. The van der Waals surface area contributed by atoms with Gasteiger partial charge in [0.2, 0.25) is 5.91 Å². The Labute approximate surface area is 105 Å². The van der Waals surface area contributed by atoms with Crippen LogP contribution in [0.2, 0.25) is 0 Å². The van der Waals surface area contributed by atoms with E-state index in [0.717, 1.165) is 16.6 Å². The predicted octanol–water partition coefficient (Wildman–Crippen LogP) is 0.549. The topological polar surface area (TPSA) is 49.3 Å². The molecule has 0 fully saturated rings. The lowest BCUT2D eigenvalue weighted by molar-refractivity contribution is -0.118. The van der Waals surface area contributed by atoms with Crippen molar-refractivity contribution < 1.29 is 9.82 Å². The predicted molar refractivity (Wildman–Crippen MR) is 73.2 cm³/mol. The van der Waals surface area contributed by atoms with Crippen LogP contribution in [0.5, 0.6) is 0 Å². The summed E-state index contributed by atoms with van der Waals surface area (Å²) < 4.78 is 1.15. The van der Waals surface area contributed by atoms with Crippen LogP contribution in [-0.4, -0.2) is 25.0 Å². The van der Waals surface area contributed by atoms with Crippen LogP contribution in [0.3, 0.4) is 0 Å². The van der Waals surface area contributed by atoms with Crippen LogP contribution in [0.4, 0.5) is 0 Å². The third-order valence-electron chi connectivity index (χ3n) is 2.59. The molecule has 17 heavy (non-hydrogen) atoms. The molecule has 1 amide bonds. The van der Waals surface area contributed by atoms with Gasteiger partial charge in [-0.2, -0.15) is 0 Å². The van der Waals surface area contributed by atoms with E-state index in [1.165, 1.54) is 17.2 Å². The fourth-order valence-electron chi connectivity index (χ4n) is 1.79. The second-order valence-corrected chi connectivity index (χ2v) is 5.08. The van der Waals surface area contributed by atoms with E-state index in [1.807, 2.05) is 18.2 Å². The van der Waals surface area contributed by atoms with Crippen molar-refractivity contribution in [3.8, 4) is 0 Å². The molecule has 0 saturated heterocycles. The van der Waals surface area contributed by atoms with Gasteiger partial charge in [0.15, 0.2) is 0 Å². The molecule has 0 aliphatic carbocycles. The van der Waals surface area contributed by atoms with Crippen molar-refractivity contribution in [1.29, 1.82) is 0 Å². The van der Waals surface area contributed by atoms with Crippen molar-refractivity contribution >= 4 is 40.3 Å². The summed E-state index contributed by atoms with van der Waals surface area (Å²) in [6, 6.07) is 8.07. The van der Waals surface area contributed by atoms with Crippen LogP contribution in [-0.2, 0) is 11.2 Å². The molecule has 0 bridgehead atoms. The number of carbonyl (C=O) groups is 1. The van der Waals surface area contributed by atoms with E-state index in [0.29, 0.717) is 6.54 Å². The largest absolute Gasteiger partial charge is 0.449 e. The van der Waals surface area contributed by atoms with Gasteiger partial charge in [0.05, 0.1) is 0 Å². The molecule has 3 nitrogen and oxygen atoms in total. The van der Waals surface area contributed by atoms with Crippen LogP contribution in [0, 0.1) is 0 Å². The Morgan fingerprint density at radius 2 is 2.35 bits per heavy atom. The number of nitrogens with one attached hydrogen (secondary N) is 1. The van der Waals surface area contributed by atoms with E-state index in [4.69, 9.17) is 0 Å². The standard InChI is InChI=1S/C12H14BNO2S/c1-8(15)14-6-5-10-7-9-3-2-4-11(13-16)12(9)17-10/h2-4,7,13,16H,5-6H2,1H3,(H,14,15). The summed E-state index contributed by atoms with van der Waals surface area (Å²) >= 11 is 1.69. The SMILES string of the molecule is CC(=O)NCCc1cc2cccc(BO)c2s1. The van der Waals surface area contributed by atoms with E-state index in [2.05, 4.69) is 11.4 Å². The van der Waals surface area contributed by atoms with Crippen molar-refractivity contribution in [1.82, 2.24) is 5.32 Å². The maximum absolute atomic E-state index is 10.8. The lowest BCUT2D eigenvalue weighted by atomic mass is 9.88. The van der Waals surface area contributed by atoms with Gasteiger partial charge in [-0.05, 0) is 23.3 Å². The summed E-state index contributed by atoms with van der Waals surface area (Å²) in [5.74, 6) is 0.00200. The molecule has 2 N–H and O–H groups in total. The summed E-state index contributed by atoms with van der Waals surface area (Å²) in [5.41, 5.74) is 0.971. The molecule has 0 unspecified atom stereocenters. The number of rotatable bonds is 4. The molecular weight excluding hydrogens is 233 g/mol. The number of amides is 1. The Kier molecular flexibility index (Phi) is 3.81. The number of fused-ring (bicyclic) bond motifs is 1. The van der Waals surface area contributed by atoms with Gasteiger partial charge in [-0.3, -0.25) is 4.79 Å². The minimum atomic E-state index is 0.00200. The molecule has 2 aromatic rings. The molecule has 0 atom stereocenters. The molecule has 88 valence electrons. The molecule has 1 aromatic heterocycles. The second kappa shape index (κ2) is 5.34. The molecule has 1 heterocycles. The number of benzene rings is 1. The van der Waals surface area contributed by atoms with Crippen LogP contribution < -0.4 is 10.8 Å². The molecule has 0 aliphatic rings. The van der Waals surface area contributed by atoms with Gasteiger partial charge in [-0.15, -0.1) is 11.3 Å². The maximum Gasteiger partial charge on any atom is 0.306 e. The highest BCUT2D eigenvalue weighted by Crippen LogP contribution is 2.24. The molecule has 0 radical (unpaired) electrons. The Hall–Kier alpha value is -1.33. The number of hydrogen-bond acceptors (Lipinski definition) is 3. The normalized spacial score (nSPS) is 10.5. The van der Waals surface area contributed by atoms with E-state index in [-0.39, 0.29) is 13.4 Å². The first kappa shape index (κ1) is 12.1. The van der Waals surface area contributed by atoms with Gasteiger partial charge in [-0.1, -0.05) is 18.2 Å². The van der Waals surface area contributed by atoms with E-state index in [1.54, 1.807) is 11.3 Å². The van der Waals surface area contributed by atoms with E-state index < -0.39 is 0 Å². The first-order valence-electron chi connectivity index (χ1n) is 5.56. The third-order valence-corrected chi connectivity index (χ3v) is 3.88. The van der Waals surface area contributed by atoms with Gasteiger partial charge in [0, 0.05) is 23.0 Å². The highest BCUT2D eigenvalue weighted by Gasteiger charge is 2.06. The summed E-state index contributed by atoms with van der Waals surface area (Å²) in [6.45, 7) is 2.19. The third kappa shape index (κ3) is 2.87. The summed E-state index contributed by atoms with van der Waals surface area (Å²) in [7, 11) is 0.0724. The van der Waals surface area contributed by atoms with Crippen LogP contribution in [0.15, 0.2) is 24.3 Å². The summed E-state index contributed by atoms with van der Waals surface area (Å²) in [4.78, 5) is 12.0. The number of carbonyl (C=O) groups excluding carboxylic acids is 1. The average molecular weight is 247 g/mol. The quantitative estimate of drug-likeness (QED) is 0.775. The first-order chi connectivity index (χ1) is 8.20. The van der Waals surface area contributed by atoms with Gasteiger partial charge < -0.3 is 10.3 Å². The van der Waals surface area contributed by atoms with Crippen LogP contribution in [0.1, 0.15) is 11.8 Å². The number of hydrogen-bond donors (Lipinski definition) is 2. The van der Waals surface area contributed by atoms with E-state index in [9.17, 15) is 9.82 Å². The van der Waals surface area contributed by atoms with Gasteiger partial charge in [0.1, 0.15) is 0 Å². The Bertz CT molecular complexity index is 538. The molecule has 0 saturated carbocycles. The minimum Gasteiger partial charge on any atom is -0.449 e. The van der Waals surface area contributed by atoms with E-state index >= 15 is 0 Å². The fraction of sp³-hybridized carbons (Fsp3) is 0.250. The van der Waals surface area contributed by atoms with Crippen molar-refractivity contribution in [2.24, 2.45) is 0 Å². The maximum atomic E-state index is 10.8. The molecular formula is C12H14BNO2S. The Morgan fingerprint density at radius 1 is 1.53 bits per heavy atom. The van der Waals surface area contributed by atoms with Crippen molar-refractivity contribution in [2.75, 3.05) is 6.54 Å². The van der Waals surface area contributed by atoms with Crippen LogP contribution >= 0.6 is 11.3 Å². The monoisotopic (exact) mass is 247 g/mol. The first-order valence-corrected chi connectivity index (χ1v) is 6.38. The van der Waals surface area contributed by atoms with Gasteiger partial charge >= 0.3 is 7.48 Å². The molecule has 1 aromatic carbocycles. The molecule has 0 spiro atoms. The molecule has 2 rings (SSSR count). The Morgan fingerprint density at radius 3 is 3.06 bits per heavy atom. The van der Waals surface area contributed by atoms with Gasteiger partial charge in [-0.25, -0.2) is 0 Å². The zero-order valence-corrected chi connectivity index (χ0v) is 10.5. The van der Waals surface area contributed by atoms with Crippen molar-refractivity contribution in [3.05, 3.63) is 29.1 Å². The molecule has 5 heteroatoms. The number of thiophene rings is 1. The Balaban J connectivity index is 2.17. The van der Waals surface area contributed by atoms with Gasteiger partial charge in [0.25, 0.3) is 0 Å². The molecule has 0 aliphatic heterocycles. The van der Waals surface area contributed by atoms with Crippen molar-refractivity contribution in [3.63, 3.8) is 0 Å². The zero-order valence-electron chi connectivity index (χ0n) is 9.69. The fourth-order valence-corrected chi connectivity index (χ4v) is 2.95. The lowest BCUT2D eigenvalue weighted by Gasteiger charge is -1.98. The average Bonchev–Trinajstić information content (AvgIpc) is 2.70. The second-order valence-electron chi connectivity index (χ2n) is 3.94. The highest BCUT2D eigenvalue weighted by molar-refractivity contribution is 7.20. The summed E-state index contributed by atoms with van der Waals surface area (Å²) in [5, 5.41) is 13.2. The summed E-state index contributed by atoms with van der Waals surface area (Å²) in [6.07, 6.45) is 0.837. The van der Waals surface area contributed by atoms with Crippen molar-refractivity contribution in [2.45, 2.75) is 13.3 Å². The lowest BCUT2D eigenvalue weighted by Crippen LogP contribution is -2.22.